The standard InChI is InChI=1S/C19H16N4O3S/c20-17(25)11-27-19-22-21-18(23(19)10-14-6-3-7-26-14)15-8-12-4-1-2-5-13(12)9-16(15)24/h1-9,24H,10-11H2,(H2,20,25). The van der Waals surface area contributed by atoms with Crippen LogP contribution in [0.3, 0.4) is 0 Å². The predicted octanol–water partition coefficient (Wildman–Crippen LogP) is 3.02. The summed E-state index contributed by atoms with van der Waals surface area (Å²) in [6.07, 6.45) is 1.59. The van der Waals surface area contributed by atoms with E-state index in [0.29, 0.717) is 28.8 Å². The van der Waals surface area contributed by atoms with E-state index in [1.54, 1.807) is 23.0 Å². The zero-order chi connectivity index (χ0) is 18.8. The van der Waals surface area contributed by atoms with Gasteiger partial charge in [0.15, 0.2) is 11.0 Å². The van der Waals surface area contributed by atoms with E-state index in [1.165, 1.54) is 11.8 Å². The molecule has 4 rings (SSSR count). The second-order valence-electron chi connectivity index (χ2n) is 5.94. The van der Waals surface area contributed by atoms with E-state index < -0.39 is 5.91 Å². The van der Waals surface area contributed by atoms with E-state index in [1.807, 2.05) is 36.4 Å². The summed E-state index contributed by atoms with van der Waals surface area (Å²) in [5.74, 6) is 0.940. The fraction of sp³-hybridized carbons (Fsp3) is 0.105. The molecule has 136 valence electrons. The largest absolute Gasteiger partial charge is 0.507 e. The molecule has 0 bridgehead atoms. The van der Waals surface area contributed by atoms with Crippen molar-refractivity contribution >= 4 is 28.4 Å². The minimum absolute atomic E-state index is 0.0833. The number of benzene rings is 2. The molecule has 3 N–H and O–H groups in total. The SMILES string of the molecule is NC(=O)CSc1nnc(-c2cc3ccccc3cc2O)n1Cc1ccco1. The minimum atomic E-state index is -0.442. The molecule has 0 saturated carbocycles. The number of nitrogens with zero attached hydrogens (tertiary/aromatic N) is 3. The molecule has 0 radical (unpaired) electrons. The lowest BCUT2D eigenvalue weighted by Crippen LogP contribution is -2.14. The molecule has 1 amide bonds. The van der Waals surface area contributed by atoms with E-state index in [9.17, 15) is 9.90 Å². The number of phenols is 1. The molecule has 2 aromatic carbocycles. The van der Waals surface area contributed by atoms with Crippen LogP contribution in [0, 0.1) is 0 Å². The number of aromatic hydroxyl groups is 1. The summed E-state index contributed by atoms with van der Waals surface area (Å²) in [5.41, 5.74) is 5.81. The van der Waals surface area contributed by atoms with Gasteiger partial charge in [-0.05, 0) is 35.0 Å². The lowest BCUT2D eigenvalue weighted by atomic mass is 10.1. The first kappa shape index (κ1) is 17.2. The Labute approximate surface area is 158 Å². The second kappa shape index (κ2) is 7.16. The number of hydrogen-bond donors (Lipinski definition) is 2. The molecule has 27 heavy (non-hydrogen) atoms. The van der Waals surface area contributed by atoms with Gasteiger partial charge in [-0.3, -0.25) is 9.36 Å². The Bertz CT molecular complexity index is 1110. The molecule has 0 aliphatic rings. The summed E-state index contributed by atoms with van der Waals surface area (Å²) in [6.45, 7) is 0.364. The number of carbonyl (C=O) groups is 1. The molecular weight excluding hydrogens is 364 g/mol. The molecular formula is C19H16N4O3S. The van der Waals surface area contributed by atoms with Gasteiger partial charge in [0, 0.05) is 0 Å². The van der Waals surface area contributed by atoms with Crippen molar-refractivity contribution in [1.82, 2.24) is 14.8 Å². The topological polar surface area (TPSA) is 107 Å². The van der Waals surface area contributed by atoms with E-state index in [4.69, 9.17) is 10.2 Å². The first-order chi connectivity index (χ1) is 13.1. The molecule has 0 aliphatic heterocycles. The maximum atomic E-state index is 11.2. The molecule has 8 heteroatoms. The molecule has 0 spiro atoms. The average Bonchev–Trinajstić information content (AvgIpc) is 3.30. The monoisotopic (exact) mass is 380 g/mol. The molecule has 2 heterocycles. The van der Waals surface area contributed by atoms with Gasteiger partial charge >= 0.3 is 0 Å². The molecule has 7 nitrogen and oxygen atoms in total. The Balaban J connectivity index is 1.82. The van der Waals surface area contributed by atoms with Gasteiger partial charge in [0.05, 0.1) is 24.1 Å². The minimum Gasteiger partial charge on any atom is -0.507 e. The smallest absolute Gasteiger partial charge is 0.227 e. The number of nitrogens with two attached hydrogens (primary N) is 1. The average molecular weight is 380 g/mol. The Morgan fingerprint density at radius 1 is 1.15 bits per heavy atom. The summed E-state index contributed by atoms with van der Waals surface area (Å²) in [6, 6.07) is 15.0. The number of hydrogen-bond acceptors (Lipinski definition) is 6. The predicted molar refractivity (Wildman–Crippen MR) is 102 cm³/mol. The van der Waals surface area contributed by atoms with Gasteiger partial charge in [0.1, 0.15) is 11.5 Å². The van der Waals surface area contributed by atoms with Crippen molar-refractivity contribution in [1.29, 1.82) is 0 Å². The van der Waals surface area contributed by atoms with Crippen molar-refractivity contribution in [3.8, 4) is 17.1 Å². The van der Waals surface area contributed by atoms with Gasteiger partial charge in [-0.2, -0.15) is 0 Å². The molecule has 2 aromatic heterocycles. The number of thioether (sulfide) groups is 1. The number of furan rings is 1. The summed E-state index contributed by atoms with van der Waals surface area (Å²) in [7, 11) is 0. The van der Waals surface area contributed by atoms with Crippen LogP contribution in [-0.4, -0.2) is 31.5 Å². The Hall–Kier alpha value is -3.26. The van der Waals surface area contributed by atoms with Crippen LogP contribution in [-0.2, 0) is 11.3 Å². The van der Waals surface area contributed by atoms with Crippen molar-refractivity contribution in [2.24, 2.45) is 5.73 Å². The summed E-state index contributed by atoms with van der Waals surface area (Å²) < 4.78 is 7.24. The van der Waals surface area contributed by atoms with E-state index >= 15 is 0 Å². The highest BCUT2D eigenvalue weighted by Crippen LogP contribution is 2.34. The van der Waals surface area contributed by atoms with Gasteiger partial charge < -0.3 is 15.3 Å². The number of carbonyl (C=O) groups excluding carboxylic acids is 1. The fourth-order valence-corrected chi connectivity index (χ4v) is 3.52. The Morgan fingerprint density at radius 2 is 1.93 bits per heavy atom. The van der Waals surface area contributed by atoms with Crippen molar-refractivity contribution in [3.05, 3.63) is 60.6 Å². The number of aromatic nitrogens is 3. The van der Waals surface area contributed by atoms with E-state index in [0.717, 1.165) is 10.8 Å². The maximum absolute atomic E-state index is 11.2. The van der Waals surface area contributed by atoms with Crippen molar-refractivity contribution in [3.63, 3.8) is 0 Å². The highest BCUT2D eigenvalue weighted by molar-refractivity contribution is 7.99. The van der Waals surface area contributed by atoms with Crippen molar-refractivity contribution < 1.29 is 14.3 Å². The molecule has 0 atom stereocenters. The van der Waals surface area contributed by atoms with E-state index in [2.05, 4.69) is 10.2 Å². The molecule has 0 saturated heterocycles. The van der Waals surface area contributed by atoms with Gasteiger partial charge in [-0.25, -0.2) is 0 Å². The fourth-order valence-electron chi connectivity index (χ4n) is 2.84. The number of phenolic OH excluding ortho intramolecular Hbond substituents is 1. The van der Waals surface area contributed by atoms with Gasteiger partial charge in [0.2, 0.25) is 5.91 Å². The quantitative estimate of drug-likeness (QED) is 0.498. The zero-order valence-corrected chi connectivity index (χ0v) is 15.0. The van der Waals surface area contributed by atoms with Gasteiger partial charge in [0.25, 0.3) is 0 Å². The number of primary amides is 1. The first-order valence-corrected chi connectivity index (χ1v) is 9.19. The van der Waals surface area contributed by atoms with Gasteiger partial charge in [-0.1, -0.05) is 36.0 Å². The van der Waals surface area contributed by atoms with Crippen LogP contribution in [0.2, 0.25) is 0 Å². The van der Waals surface area contributed by atoms with Crippen LogP contribution in [0.5, 0.6) is 5.75 Å². The third kappa shape index (κ3) is 3.52. The summed E-state index contributed by atoms with van der Waals surface area (Å²) in [5, 5.41) is 21.4. The second-order valence-corrected chi connectivity index (χ2v) is 6.89. The lowest BCUT2D eigenvalue weighted by Gasteiger charge is -2.10. The zero-order valence-electron chi connectivity index (χ0n) is 14.2. The van der Waals surface area contributed by atoms with Crippen molar-refractivity contribution in [2.75, 3.05) is 5.75 Å². The van der Waals surface area contributed by atoms with Crippen LogP contribution in [0.25, 0.3) is 22.2 Å². The first-order valence-electron chi connectivity index (χ1n) is 8.20. The summed E-state index contributed by atoms with van der Waals surface area (Å²) in [4.78, 5) is 11.2. The molecule has 0 fully saturated rings. The number of rotatable bonds is 6. The van der Waals surface area contributed by atoms with Crippen LogP contribution < -0.4 is 5.73 Å². The molecule has 4 aromatic rings. The van der Waals surface area contributed by atoms with Crippen LogP contribution in [0.1, 0.15) is 5.76 Å². The lowest BCUT2D eigenvalue weighted by molar-refractivity contribution is -0.115. The molecule has 0 aliphatic carbocycles. The Morgan fingerprint density at radius 3 is 2.63 bits per heavy atom. The third-order valence-electron chi connectivity index (χ3n) is 4.06. The number of amides is 1. The molecule has 0 unspecified atom stereocenters. The van der Waals surface area contributed by atoms with Crippen molar-refractivity contribution in [2.45, 2.75) is 11.7 Å². The normalized spacial score (nSPS) is 11.1. The highest BCUT2D eigenvalue weighted by atomic mass is 32.2. The maximum Gasteiger partial charge on any atom is 0.227 e. The van der Waals surface area contributed by atoms with Gasteiger partial charge in [-0.15, -0.1) is 10.2 Å². The summed E-state index contributed by atoms with van der Waals surface area (Å²) >= 11 is 1.19. The third-order valence-corrected chi connectivity index (χ3v) is 5.05. The van der Waals surface area contributed by atoms with Crippen LogP contribution in [0.4, 0.5) is 0 Å². The number of fused-ring (bicyclic) bond motifs is 1. The highest BCUT2D eigenvalue weighted by Gasteiger charge is 2.19. The van der Waals surface area contributed by atoms with Crippen LogP contribution >= 0.6 is 11.8 Å². The van der Waals surface area contributed by atoms with Crippen LogP contribution in [0.15, 0.2) is 64.4 Å². The van der Waals surface area contributed by atoms with E-state index in [-0.39, 0.29) is 11.5 Å². The Kier molecular flexibility index (Phi) is 4.55.